The molecule has 1 aromatic carbocycles. The highest BCUT2D eigenvalue weighted by Gasteiger charge is 2.37. The van der Waals surface area contributed by atoms with E-state index in [1.807, 2.05) is 0 Å². The third-order valence-corrected chi connectivity index (χ3v) is 2.94. The Balaban J connectivity index is 2.02. The highest BCUT2D eigenvalue weighted by molar-refractivity contribution is 5.89. The summed E-state index contributed by atoms with van der Waals surface area (Å²) < 4.78 is 10.2. The molecule has 0 aromatic heterocycles. The molecule has 0 bridgehead atoms. The number of carbonyl (C=O) groups is 1. The summed E-state index contributed by atoms with van der Waals surface area (Å²) in [6.45, 7) is 1.62. The highest BCUT2D eigenvalue weighted by atomic mass is 16.6. The fraction of sp³-hybridized carbons (Fsp3) is 0.462. The summed E-state index contributed by atoms with van der Waals surface area (Å²) in [6.07, 6.45) is -3.19. The van der Waals surface area contributed by atoms with Crippen molar-refractivity contribution < 1.29 is 24.5 Å². The number of hydrogen-bond donors (Lipinski definition) is 2. The van der Waals surface area contributed by atoms with E-state index >= 15 is 0 Å². The molecule has 1 saturated heterocycles. The van der Waals surface area contributed by atoms with E-state index in [0.29, 0.717) is 5.56 Å². The van der Waals surface area contributed by atoms with Crippen molar-refractivity contribution in [2.75, 3.05) is 0 Å². The van der Waals surface area contributed by atoms with Crippen molar-refractivity contribution in [1.82, 2.24) is 0 Å². The SMILES string of the molecule is C[C@H]1O[C@@H](O)C[C@H](OC(=O)c2ccccc2)[C@H]1O. The molecule has 0 saturated carbocycles. The van der Waals surface area contributed by atoms with Gasteiger partial charge in [-0.2, -0.15) is 0 Å². The average molecular weight is 252 g/mol. The van der Waals surface area contributed by atoms with Crippen LogP contribution < -0.4 is 0 Å². The van der Waals surface area contributed by atoms with Gasteiger partial charge < -0.3 is 19.7 Å². The number of ether oxygens (including phenoxy) is 2. The predicted molar refractivity (Wildman–Crippen MR) is 62.8 cm³/mol. The monoisotopic (exact) mass is 252 g/mol. The van der Waals surface area contributed by atoms with Crippen molar-refractivity contribution in [2.24, 2.45) is 0 Å². The lowest BCUT2D eigenvalue weighted by Crippen LogP contribution is -2.48. The van der Waals surface area contributed by atoms with Gasteiger partial charge in [0.1, 0.15) is 12.2 Å². The Morgan fingerprint density at radius 2 is 2.00 bits per heavy atom. The number of hydrogen-bond acceptors (Lipinski definition) is 5. The summed E-state index contributed by atoms with van der Waals surface area (Å²) in [5.41, 5.74) is 0.415. The van der Waals surface area contributed by atoms with E-state index in [1.165, 1.54) is 0 Å². The molecule has 0 unspecified atom stereocenters. The fourth-order valence-corrected chi connectivity index (χ4v) is 1.92. The zero-order valence-electron chi connectivity index (χ0n) is 10.0. The third-order valence-electron chi connectivity index (χ3n) is 2.94. The van der Waals surface area contributed by atoms with Crippen LogP contribution in [0.3, 0.4) is 0 Å². The van der Waals surface area contributed by atoms with Crippen LogP contribution in [0.4, 0.5) is 0 Å². The first-order valence-electron chi connectivity index (χ1n) is 5.85. The summed E-state index contributed by atoms with van der Waals surface area (Å²) >= 11 is 0. The first kappa shape index (κ1) is 13.0. The summed E-state index contributed by atoms with van der Waals surface area (Å²) in [6, 6.07) is 8.52. The van der Waals surface area contributed by atoms with Crippen LogP contribution in [0.1, 0.15) is 23.7 Å². The Morgan fingerprint density at radius 1 is 1.33 bits per heavy atom. The molecule has 0 amide bonds. The predicted octanol–water partition coefficient (Wildman–Crippen LogP) is 0.700. The third kappa shape index (κ3) is 2.87. The molecular formula is C13H16O5. The quantitative estimate of drug-likeness (QED) is 0.758. The Bertz CT molecular complexity index is 405. The van der Waals surface area contributed by atoms with Crippen LogP contribution in [0.5, 0.6) is 0 Å². The molecule has 2 N–H and O–H groups in total. The van der Waals surface area contributed by atoms with E-state index in [2.05, 4.69) is 0 Å². The van der Waals surface area contributed by atoms with Gasteiger partial charge >= 0.3 is 5.97 Å². The normalized spacial score (nSPS) is 31.9. The van der Waals surface area contributed by atoms with Gasteiger partial charge in [0.25, 0.3) is 0 Å². The molecule has 18 heavy (non-hydrogen) atoms. The second kappa shape index (κ2) is 5.48. The number of benzene rings is 1. The molecule has 4 atom stereocenters. The van der Waals surface area contributed by atoms with Gasteiger partial charge in [-0.1, -0.05) is 18.2 Å². The van der Waals surface area contributed by atoms with E-state index in [4.69, 9.17) is 9.47 Å². The van der Waals surface area contributed by atoms with Gasteiger partial charge in [0.05, 0.1) is 11.7 Å². The van der Waals surface area contributed by atoms with Crippen LogP contribution >= 0.6 is 0 Å². The molecule has 0 spiro atoms. The van der Waals surface area contributed by atoms with E-state index < -0.39 is 30.6 Å². The van der Waals surface area contributed by atoms with Crippen molar-refractivity contribution in [1.29, 1.82) is 0 Å². The minimum atomic E-state index is -1.02. The largest absolute Gasteiger partial charge is 0.456 e. The van der Waals surface area contributed by atoms with E-state index in [9.17, 15) is 15.0 Å². The Hall–Kier alpha value is -1.43. The van der Waals surface area contributed by atoms with Crippen LogP contribution in [-0.4, -0.2) is 40.8 Å². The number of esters is 1. The minimum Gasteiger partial charge on any atom is -0.456 e. The first-order chi connectivity index (χ1) is 8.58. The number of aliphatic hydroxyl groups excluding tert-OH is 2. The van der Waals surface area contributed by atoms with Gasteiger partial charge in [0, 0.05) is 6.42 Å². The van der Waals surface area contributed by atoms with Gasteiger partial charge in [-0.05, 0) is 19.1 Å². The van der Waals surface area contributed by atoms with Gasteiger partial charge in [-0.3, -0.25) is 0 Å². The molecule has 5 heteroatoms. The summed E-state index contributed by atoms with van der Waals surface area (Å²) in [7, 11) is 0. The summed E-state index contributed by atoms with van der Waals surface area (Å²) in [5, 5.41) is 19.3. The zero-order valence-corrected chi connectivity index (χ0v) is 10.0. The Kier molecular flexibility index (Phi) is 3.96. The van der Waals surface area contributed by atoms with Crippen LogP contribution in [0.2, 0.25) is 0 Å². The van der Waals surface area contributed by atoms with Gasteiger partial charge in [0.2, 0.25) is 0 Å². The van der Waals surface area contributed by atoms with Crippen molar-refractivity contribution in [3.63, 3.8) is 0 Å². The zero-order chi connectivity index (χ0) is 13.1. The van der Waals surface area contributed by atoms with Gasteiger partial charge in [-0.15, -0.1) is 0 Å². The molecule has 1 aliphatic heterocycles. The smallest absolute Gasteiger partial charge is 0.338 e. The lowest BCUT2D eigenvalue weighted by Gasteiger charge is -2.35. The number of carbonyl (C=O) groups excluding carboxylic acids is 1. The van der Waals surface area contributed by atoms with Crippen molar-refractivity contribution >= 4 is 5.97 Å². The highest BCUT2D eigenvalue weighted by Crippen LogP contribution is 2.22. The molecule has 5 nitrogen and oxygen atoms in total. The standard InChI is InChI=1S/C13H16O5/c1-8-12(15)10(7-11(14)17-8)18-13(16)9-5-3-2-4-6-9/h2-6,8,10-12,14-15H,7H2,1H3/t8-,10+,11-,12+/m1/s1. The Labute approximate surface area is 105 Å². The van der Waals surface area contributed by atoms with Crippen molar-refractivity contribution in [2.45, 2.75) is 37.9 Å². The summed E-state index contributed by atoms with van der Waals surface area (Å²) in [5.74, 6) is -0.513. The van der Waals surface area contributed by atoms with Gasteiger partial charge in [0.15, 0.2) is 6.29 Å². The molecule has 1 heterocycles. The molecule has 0 aliphatic carbocycles. The van der Waals surface area contributed by atoms with Crippen LogP contribution in [0, 0.1) is 0 Å². The molecule has 98 valence electrons. The molecule has 1 fully saturated rings. The lowest BCUT2D eigenvalue weighted by molar-refractivity contribution is -0.226. The average Bonchev–Trinajstić information content (AvgIpc) is 2.36. The van der Waals surface area contributed by atoms with E-state index in [-0.39, 0.29) is 6.42 Å². The minimum absolute atomic E-state index is 0.0735. The molecule has 0 radical (unpaired) electrons. The molecular weight excluding hydrogens is 236 g/mol. The van der Waals surface area contributed by atoms with Gasteiger partial charge in [-0.25, -0.2) is 4.79 Å². The molecule has 1 aromatic rings. The first-order valence-corrected chi connectivity index (χ1v) is 5.85. The van der Waals surface area contributed by atoms with E-state index in [0.717, 1.165) is 0 Å². The van der Waals surface area contributed by atoms with Crippen LogP contribution in [0.25, 0.3) is 0 Å². The number of aliphatic hydroxyl groups is 2. The molecule has 1 aliphatic rings. The maximum absolute atomic E-state index is 11.8. The number of rotatable bonds is 2. The fourth-order valence-electron chi connectivity index (χ4n) is 1.92. The van der Waals surface area contributed by atoms with Crippen LogP contribution in [0.15, 0.2) is 30.3 Å². The topological polar surface area (TPSA) is 76.0 Å². The second-order valence-corrected chi connectivity index (χ2v) is 4.33. The molecule has 2 rings (SSSR count). The lowest BCUT2D eigenvalue weighted by atomic mass is 10.0. The second-order valence-electron chi connectivity index (χ2n) is 4.33. The summed E-state index contributed by atoms with van der Waals surface area (Å²) in [4.78, 5) is 11.8. The van der Waals surface area contributed by atoms with Crippen molar-refractivity contribution in [3.8, 4) is 0 Å². The van der Waals surface area contributed by atoms with Crippen molar-refractivity contribution in [3.05, 3.63) is 35.9 Å². The maximum atomic E-state index is 11.8. The Morgan fingerprint density at radius 3 is 2.67 bits per heavy atom. The van der Waals surface area contributed by atoms with E-state index in [1.54, 1.807) is 37.3 Å². The van der Waals surface area contributed by atoms with Crippen LogP contribution in [-0.2, 0) is 9.47 Å². The maximum Gasteiger partial charge on any atom is 0.338 e.